The highest BCUT2D eigenvalue weighted by Gasteiger charge is 2.25. The molecule has 1 aliphatic carbocycles. The van der Waals surface area contributed by atoms with E-state index in [0.29, 0.717) is 12.5 Å². The van der Waals surface area contributed by atoms with Gasteiger partial charge in [0.2, 0.25) is 5.91 Å². The van der Waals surface area contributed by atoms with E-state index in [1.165, 1.54) is 32.1 Å². The molecular formula is C17H25N3O. The molecule has 0 aromatic heterocycles. The SMILES string of the molecule is CCC1CCCCC1Nc1cc2c(cc1N)CCC(=O)N2. The van der Waals surface area contributed by atoms with Gasteiger partial charge < -0.3 is 16.4 Å². The number of nitrogen functional groups attached to an aromatic ring is 1. The topological polar surface area (TPSA) is 67.1 Å². The standard InChI is InChI=1S/C17H25N3O/c1-2-11-5-3-4-6-14(11)19-16-10-15-12(9-13(16)18)7-8-17(21)20-15/h9-11,14,19H,2-8,18H2,1H3,(H,20,21). The van der Waals surface area contributed by atoms with Gasteiger partial charge in [0.15, 0.2) is 0 Å². The molecule has 2 unspecified atom stereocenters. The minimum absolute atomic E-state index is 0.0994. The van der Waals surface area contributed by atoms with Crippen LogP contribution in [0.4, 0.5) is 17.1 Å². The third kappa shape index (κ3) is 2.99. The van der Waals surface area contributed by atoms with Crippen molar-refractivity contribution in [3.8, 4) is 0 Å². The second-order valence-electron chi connectivity index (χ2n) is 6.35. The Morgan fingerprint density at radius 2 is 2.10 bits per heavy atom. The number of rotatable bonds is 3. The number of hydrogen-bond donors (Lipinski definition) is 3. The van der Waals surface area contributed by atoms with Crippen LogP contribution in [0.2, 0.25) is 0 Å². The number of carbonyl (C=O) groups is 1. The van der Waals surface area contributed by atoms with Crippen molar-refractivity contribution in [2.75, 3.05) is 16.4 Å². The van der Waals surface area contributed by atoms with Crippen LogP contribution in [-0.2, 0) is 11.2 Å². The molecule has 3 rings (SSSR count). The lowest BCUT2D eigenvalue weighted by atomic mass is 9.82. The highest BCUT2D eigenvalue weighted by atomic mass is 16.1. The van der Waals surface area contributed by atoms with E-state index in [-0.39, 0.29) is 5.91 Å². The van der Waals surface area contributed by atoms with Gasteiger partial charge in [0.25, 0.3) is 0 Å². The predicted molar refractivity (Wildman–Crippen MR) is 87.5 cm³/mol. The maximum absolute atomic E-state index is 11.5. The van der Waals surface area contributed by atoms with Crippen molar-refractivity contribution >= 4 is 23.0 Å². The summed E-state index contributed by atoms with van der Waals surface area (Å²) in [6, 6.07) is 4.53. The van der Waals surface area contributed by atoms with Gasteiger partial charge in [-0.2, -0.15) is 0 Å². The predicted octanol–water partition coefficient (Wildman–Crippen LogP) is 3.53. The van der Waals surface area contributed by atoms with Gasteiger partial charge in [-0.1, -0.05) is 26.2 Å². The summed E-state index contributed by atoms with van der Waals surface area (Å²) in [6.07, 6.45) is 7.69. The molecule has 0 saturated heterocycles. The van der Waals surface area contributed by atoms with Crippen LogP contribution in [0.5, 0.6) is 0 Å². The Morgan fingerprint density at radius 3 is 2.90 bits per heavy atom. The molecule has 2 aliphatic rings. The maximum Gasteiger partial charge on any atom is 0.224 e. The monoisotopic (exact) mass is 287 g/mol. The number of carbonyl (C=O) groups excluding carboxylic acids is 1. The molecule has 1 fully saturated rings. The second-order valence-corrected chi connectivity index (χ2v) is 6.35. The zero-order valence-electron chi connectivity index (χ0n) is 12.7. The van der Waals surface area contributed by atoms with Gasteiger partial charge in [0.1, 0.15) is 0 Å². The van der Waals surface area contributed by atoms with Crippen molar-refractivity contribution in [2.45, 2.75) is 57.9 Å². The first kappa shape index (κ1) is 14.2. The van der Waals surface area contributed by atoms with Gasteiger partial charge in [0, 0.05) is 18.2 Å². The zero-order valence-corrected chi connectivity index (χ0v) is 12.7. The summed E-state index contributed by atoms with van der Waals surface area (Å²) in [7, 11) is 0. The van der Waals surface area contributed by atoms with Crippen LogP contribution in [-0.4, -0.2) is 11.9 Å². The van der Waals surface area contributed by atoms with Gasteiger partial charge in [-0.15, -0.1) is 0 Å². The lowest BCUT2D eigenvalue weighted by molar-refractivity contribution is -0.116. The fourth-order valence-corrected chi connectivity index (χ4v) is 3.66. The summed E-state index contributed by atoms with van der Waals surface area (Å²) in [4.78, 5) is 11.5. The molecule has 1 aliphatic heterocycles. The smallest absolute Gasteiger partial charge is 0.224 e. The molecule has 1 aromatic rings. The van der Waals surface area contributed by atoms with E-state index < -0.39 is 0 Å². The van der Waals surface area contributed by atoms with E-state index in [1.54, 1.807) is 0 Å². The van der Waals surface area contributed by atoms with Gasteiger partial charge in [-0.3, -0.25) is 4.79 Å². The normalized spacial score (nSPS) is 25.1. The summed E-state index contributed by atoms with van der Waals surface area (Å²) >= 11 is 0. The van der Waals surface area contributed by atoms with E-state index in [0.717, 1.165) is 35.0 Å². The number of benzene rings is 1. The summed E-state index contributed by atoms with van der Waals surface area (Å²) in [5, 5.41) is 6.59. The molecule has 1 heterocycles. The second kappa shape index (κ2) is 5.96. The summed E-state index contributed by atoms with van der Waals surface area (Å²) in [5.41, 5.74) is 10.0. The largest absolute Gasteiger partial charge is 0.397 e. The van der Waals surface area contributed by atoms with E-state index in [4.69, 9.17) is 5.73 Å². The third-order valence-electron chi connectivity index (χ3n) is 4.95. The summed E-state index contributed by atoms with van der Waals surface area (Å²) in [5.74, 6) is 0.825. The molecule has 0 bridgehead atoms. The van der Waals surface area contributed by atoms with E-state index in [1.807, 2.05) is 12.1 Å². The molecule has 0 spiro atoms. The van der Waals surface area contributed by atoms with Gasteiger partial charge >= 0.3 is 0 Å². The Morgan fingerprint density at radius 1 is 1.29 bits per heavy atom. The van der Waals surface area contributed by atoms with Gasteiger partial charge in [-0.05, 0) is 42.9 Å². The molecule has 4 nitrogen and oxygen atoms in total. The number of aryl methyl sites for hydroxylation is 1. The maximum atomic E-state index is 11.5. The number of anilines is 3. The first-order chi connectivity index (χ1) is 10.2. The van der Waals surface area contributed by atoms with E-state index in [9.17, 15) is 4.79 Å². The Kier molecular flexibility index (Phi) is 4.04. The molecule has 1 saturated carbocycles. The Labute approximate surface area is 126 Å². The van der Waals surface area contributed by atoms with Crippen LogP contribution in [0, 0.1) is 5.92 Å². The van der Waals surface area contributed by atoms with E-state index >= 15 is 0 Å². The quantitative estimate of drug-likeness (QED) is 0.745. The van der Waals surface area contributed by atoms with Crippen molar-refractivity contribution in [2.24, 2.45) is 5.92 Å². The van der Waals surface area contributed by atoms with E-state index in [2.05, 4.69) is 17.6 Å². The van der Waals surface area contributed by atoms with Crippen LogP contribution in [0.15, 0.2) is 12.1 Å². The van der Waals surface area contributed by atoms with Crippen molar-refractivity contribution < 1.29 is 4.79 Å². The highest BCUT2D eigenvalue weighted by molar-refractivity contribution is 5.95. The lowest BCUT2D eigenvalue weighted by Crippen LogP contribution is -2.32. The molecular weight excluding hydrogens is 262 g/mol. The van der Waals surface area contributed by atoms with Crippen LogP contribution in [0.1, 0.15) is 51.0 Å². The van der Waals surface area contributed by atoms with Crippen molar-refractivity contribution in [3.63, 3.8) is 0 Å². The highest BCUT2D eigenvalue weighted by Crippen LogP contribution is 2.35. The molecule has 2 atom stereocenters. The lowest BCUT2D eigenvalue weighted by Gasteiger charge is -2.33. The van der Waals surface area contributed by atoms with Crippen molar-refractivity contribution in [3.05, 3.63) is 17.7 Å². The van der Waals surface area contributed by atoms with Crippen LogP contribution >= 0.6 is 0 Å². The van der Waals surface area contributed by atoms with Crippen LogP contribution in [0.3, 0.4) is 0 Å². The molecule has 114 valence electrons. The first-order valence-corrected chi connectivity index (χ1v) is 8.16. The van der Waals surface area contributed by atoms with Gasteiger partial charge in [0.05, 0.1) is 11.4 Å². The fraction of sp³-hybridized carbons (Fsp3) is 0.588. The Hall–Kier alpha value is -1.71. The number of nitrogens with two attached hydrogens (primary N) is 1. The first-order valence-electron chi connectivity index (χ1n) is 8.16. The minimum Gasteiger partial charge on any atom is -0.397 e. The number of fused-ring (bicyclic) bond motifs is 1. The van der Waals surface area contributed by atoms with Crippen molar-refractivity contribution in [1.29, 1.82) is 0 Å². The molecule has 0 radical (unpaired) electrons. The van der Waals surface area contributed by atoms with Crippen LogP contribution < -0.4 is 16.4 Å². The summed E-state index contributed by atoms with van der Waals surface area (Å²) < 4.78 is 0. The molecule has 21 heavy (non-hydrogen) atoms. The third-order valence-corrected chi connectivity index (χ3v) is 4.95. The molecule has 1 aromatic carbocycles. The minimum atomic E-state index is 0.0994. The molecule has 4 N–H and O–H groups in total. The number of hydrogen-bond acceptors (Lipinski definition) is 3. The van der Waals surface area contributed by atoms with Crippen LogP contribution in [0.25, 0.3) is 0 Å². The summed E-state index contributed by atoms with van der Waals surface area (Å²) in [6.45, 7) is 2.26. The average Bonchev–Trinajstić information content (AvgIpc) is 2.49. The number of amides is 1. The fourth-order valence-electron chi connectivity index (χ4n) is 3.66. The van der Waals surface area contributed by atoms with Gasteiger partial charge in [-0.25, -0.2) is 0 Å². The molecule has 1 amide bonds. The zero-order chi connectivity index (χ0) is 14.8. The average molecular weight is 287 g/mol. The molecule has 4 heteroatoms. The Bertz CT molecular complexity index is 541. The van der Waals surface area contributed by atoms with Crippen molar-refractivity contribution in [1.82, 2.24) is 0 Å². The number of nitrogens with one attached hydrogen (secondary N) is 2. The Balaban J connectivity index is 1.81.